The number of ketones is 1. The summed E-state index contributed by atoms with van der Waals surface area (Å²) in [7, 11) is 0. The van der Waals surface area contributed by atoms with Gasteiger partial charge < -0.3 is 5.32 Å². The van der Waals surface area contributed by atoms with E-state index in [9.17, 15) is 10.1 Å². The van der Waals surface area contributed by atoms with Crippen molar-refractivity contribution in [2.24, 2.45) is 0 Å². The van der Waals surface area contributed by atoms with Gasteiger partial charge in [0, 0.05) is 16.3 Å². The lowest BCUT2D eigenvalue weighted by molar-refractivity contribution is -0.113. The van der Waals surface area contributed by atoms with Gasteiger partial charge in [0.05, 0.1) is 22.6 Å². The zero-order valence-electron chi connectivity index (χ0n) is 14.1. The highest BCUT2D eigenvalue weighted by atomic mass is 35.5. The highest BCUT2D eigenvalue weighted by molar-refractivity contribution is 8.03. The third-order valence-corrected chi connectivity index (χ3v) is 5.43. The van der Waals surface area contributed by atoms with Crippen LogP contribution < -0.4 is 5.32 Å². The first-order chi connectivity index (χ1) is 11.5. The summed E-state index contributed by atoms with van der Waals surface area (Å²) in [6, 6.07) is 9.73. The van der Waals surface area contributed by atoms with E-state index in [2.05, 4.69) is 18.3 Å². The van der Waals surface area contributed by atoms with E-state index in [1.165, 1.54) is 6.92 Å². The SMILES string of the molecule is CCCCSC1=C(C#N)[C@@H](c2ccccc2Cl)C(C(C)=O)=C(C)N1. The Labute approximate surface area is 152 Å². The number of nitrogens with one attached hydrogen (secondary N) is 1. The number of rotatable bonds is 6. The molecule has 0 bridgehead atoms. The van der Waals surface area contributed by atoms with E-state index in [1.807, 2.05) is 25.1 Å². The van der Waals surface area contributed by atoms with Crippen molar-refractivity contribution >= 4 is 29.1 Å². The molecule has 24 heavy (non-hydrogen) atoms. The van der Waals surface area contributed by atoms with Crippen LogP contribution in [0.3, 0.4) is 0 Å². The minimum atomic E-state index is -0.411. The Hall–Kier alpha value is -1.70. The zero-order chi connectivity index (χ0) is 17.7. The first kappa shape index (κ1) is 18.6. The molecule has 1 aromatic carbocycles. The van der Waals surface area contributed by atoms with E-state index in [0.29, 0.717) is 16.2 Å². The maximum Gasteiger partial charge on any atom is 0.158 e. The van der Waals surface area contributed by atoms with Crippen LogP contribution in [-0.2, 0) is 4.79 Å². The fourth-order valence-corrected chi connectivity index (χ4v) is 4.26. The fourth-order valence-electron chi connectivity index (χ4n) is 2.83. The molecule has 1 aliphatic rings. The molecule has 0 unspecified atom stereocenters. The minimum Gasteiger partial charge on any atom is -0.353 e. The van der Waals surface area contributed by atoms with Gasteiger partial charge in [0.25, 0.3) is 0 Å². The predicted octanol–water partition coefficient (Wildman–Crippen LogP) is 5.16. The summed E-state index contributed by atoms with van der Waals surface area (Å²) in [6.07, 6.45) is 2.18. The number of nitrogens with zero attached hydrogens (tertiary/aromatic N) is 1. The summed E-state index contributed by atoms with van der Waals surface area (Å²) in [6.45, 7) is 5.56. The van der Waals surface area contributed by atoms with E-state index in [-0.39, 0.29) is 5.78 Å². The molecule has 0 saturated carbocycles. The van der Waals surface area contributed by atoms with Crippen molar-refractivity contribution in [3.05, 3.63) is 56.7 Å². The molecular formula is C19H21ClN2OS. The Morgan fingerprint density at radius 3 is 2.71 bits per heavy atom. The number of Topliss-reactive ketones (excluding diaryl/α,β-unsaturated/α-hetero) is 1. The van der Waals surface area contributed by atoms with Gasteiger partial charge in [-0.15, -0.1) is 11.8 Å². The maximum absolute atomic E-state index is 12.3. The van der Waals surface area contributed by atoms with Crippen LogP contribution in [0.5, 0.6) is 0 Å². The molecule has 5 heteroatoms. The third-order valence-electron chi connectivity index (χ3n) is 3.99. The molecule has 0 radical (unpaired) electrons. The minimum absolute atomic E-state index is 0.0460. The highest BCUT2D eigenvalue weighted by Crippen LogP contribution is 2.42. The molecule has 0 aliphatic carbocycles. The predicted molar refractivity (Wildman–Crippen MR) is 101 cm³/mol. The largest absolute Gasteiger partial charge is 0.353 e. The summed E-state index contributed by atoms with van der Waals surface area (Å²) >= 11 is 8.01. The second-order valence-electron chi connectivity index (χ2n) is 5.73. The van der Waals surface area contributed by atoms with Crippen LogP contribution in [0.2, 0.25) is 5.02 Å². The first-order valence-corrected chi connectivity index (χ1v) is 9.37. The van der Waals surface area contributed by atoms with Gasteiger partial charge in [-0.1, -0.05) is 43.1 Å². The second-order valence-corrected chi connectivity index (χ2v) is 7.24. The monoisotopic (exact) mass is 360 g/mol. The van der Waals surface area contributed by atoms with Crippen molar-refractivity contribution in [2.75, 3.05) is 5.75 Å². The fraction of sp³-hybridized carbons (Fsp3) is 0.368. The number of carbonyl (C=O) groups is 1. The van der Waals surface area contributed by atoms with Crippen molar-refractivity contribution < 1.29 is 4.79 Å². The molecule has 1 atom stereocenters. The van der Waals surface area contributed by atoms with E-state index in [1.54, 1.807) is 17.8 Å². The van der Waals surface area contributed by atoms with E-state index in [4.69, 9.17) is 11.6 Å². The Bertz CT molecular complexity index is 746. The van der Waals surface area contributed by atoms with Gasteiger partial charge in [0.2, 0.25) is 0 Å². The maximum atomic E-state index is 12.3. The van der Waals surface area contributed by atoms with Crippen molar-refractivity contribution in [3.8, 4) is 6.07 Å². The smallest absolute Gasteiger partial charge is 0.158 e. The number of hydrogen-bond donors (Lipinski definition) is 1. The molecule has 1 aliphatic heterocycles. The number of halogens is 1. The van der Waals surface area contributed by atoms with Gasteiger partial charge in [-0.2, -0.15) is 5.26 Å². The topological polar surface area (TPSA) is 52.9 Å². The van der Waals surface area contributed by atoms with Crippen molar-refractivity contribution in [3.63, 3.8) is 0 Å². The number of hydrogen-bond acceptors (Lipinski definition) is 4. The van der Waals surface area contributed by atoms with Gasteiger partial charge >= 0.3 is 0 Å². The van der Waals surface area contributed by atoms with Gasteiger partial charge in [0.15, 0.2) is 5.78 Å². The Morgan fingerprint density at radius 2 is 2.12 bits per heavy atom. The number of allylic oxidation sites excluding steroid dienone is 3. The summed E-state index contributed by atoms with van der Waals surface area (Å²) in [5.41, 5.74) is 2.78. The molecule has 126 valence electrons. The van der Waals surface area contributed by atoms with Gasteiger partial charge in [-0.25, -0.2) is 0 Å². The summed E-state index contributed by atoms with van der Waals surface area (Å²) in [5, 5.41) is 14.5. The molecule has 1 heterocycles. The molecule has 0 fully saturated rings. The number of nitriles is 1. The summed E-state index contributed by atoms with van der Waals surface area (Å²) in [5.74, 6) is 0.476. The molecule has 0 spiro atoms. The van der Waals surface area contributed by atoms with Crippen LogP contribution in [0.15, 0.2) is 46.1 Å². The van der Waals surface area contributed by atoms with Crippen LogP contribution in [0.25, 0.3) is 0 Å². The standard InChI is InChI=1S/C19H21ClN2OS/c1-4-5-10-24-19-15(11-21)18(14-8-6-7-9-16(14)20)17(13(3)23)12(2)22-19/h6-9,18,22H,4-5,10H2,1-3H3/t18-/m1/s1. The second kappa shape index (κ2) is 8.41. The van der Waals surface area contributed by atoms with E-state index >= 15 is 0 Å². The van der Waals surface area contributed by atoms with Crippen molar-refractivity contribution in [2.45, 2.75) is 39.5 Å². The van der Waals surface area contributed by atoms with Gasteiger partial charge in [-0.3, -0.25) is 4.79 Å². The molecular weight excluding hydrogens is 340 g/mol. The summed E-state index contributed by atoms with van der Waals surface area (Å²) < 4.78 is 0. The summed E-state index contributed by atoms with van der Waals surface area (Å²) in [4.78, 5) is 12.3. The average Bonchev–Trinajstić information content (AvgIpc) is 2.54. The first-order valence-electron chi connectivity index (χ1n) is 8.01. The number of benzene rings is 1. The molecule has 0 aromatic heterocycles. The van der Waals surface area contributed by atoms with Crippen LogP contribution in [0, 0.1) is 11.3 Å². The van der Waals surface area contributed by atoms with Crippen molar-refractivity contribution in [1.29, 1.82) is 5.26 Å². The normalized spacial score (nSPS) is 17.5. The lowest BCUT2D eigenvalue weighted by Crippen LogP contribution is -2.27. The molecule has 0 saturated heterocycles. The Balaban J connectivity index is 2.57. The van der Waals surface area contributed by atoms with Crippen LogP contribution in [0.4, 0.5) is 0 Å². The highest BCUT2D eigenvalue weighted by Gasteiger charge is 2.33. The zero-order valence-corrected chi connectivity index (χ0v) is 15.7. The van der Waals surface area contributed by atoms with Crippen molar-refractivity contribution in [1.82, 2.24) is 5.32 Å². The van der Waals surface area contributed by atoms with Crippen LogP contribution in [0.1, 0.15) is 45.1 Å². The van der Waals surface area contributed by atoms with Gasteiger partial charge in [0.1, 0.15) is 0 Å². The lowest BCUT2D eigenvalue weighted by atomic mass is 9.81. The molecule has 0 amide bonds. The third kappa shape index (κ3) is 3.85. The average molecular weight is 361 g/mol. The quantitative estimate of drug-likeness (QED) is 0.712. The van der Waals surface area contributed by atoms with E-state index < -0.39 is 5.92 Å². The molecule has 1 N–H and O–H groups in total. The molecule has 1 aromatic rings. The van der Waals surface area contributed by atoms with Gasteiger partial charge in [-0.05, 0) is 37.7 Å². The van der Waals surface area contributed by atoms with Crippen LogP contribution in [-0.4, -0.2) is 11.5 Å². The Morgan fingerprint density at radius 1 is 1.42 bits per heavy atom. The Kier molecular flexibility index (Phi) is 6.53. The molecule has 3 nitrogen and oxygen atoms in total. The number of thioether (sulfide) groups is 1. The number of carbonyl (C=O) groups excluding carboxylic acids is 1. The molecule has 2 rings (SSSR count). The number of dihydropyridines is 1. The number of unbranched alkanes of at least 4 members (excludes halogenated alkanes) is 1. The lowest BCUT2D eigenvalue weighted by Gasteiger charge is -2.29. The van der Waals surface area contributed by atoms with E-state index in [0.717, 1.165) is 34.9 Å². The van der Waals surface area contributed by atoms with Crippen LogP contribution >= 0.6 is 23.4 Å².